The van der Waals surface area contributed by atoms with Crippen molar-refractivity contribution in [3.63, 3.8) is 0 Å². The minimum atomic E-state index is -0.766. The third-order valence-electron chi connectivity index (χ3n) is 1.87. The molecule has 0 amide bonds. The molecule has 0 bridgehead atoms. The van der Waals surface area contributed by atoms with Crippen molar-refractivity contribution in [3.8, 4) is 5.69 Å². The molecule has 4 nitrogen and oxygen atoms in total. The van der Waals surface area contributed by atoms with E-state index in [1.807, 2.05) is 0 Å². The normalized spacial score (nSPS) is 10.6. The lowest BCUT2D eigenvalue weighted by Gasteiger charge is -2.04. The number of nitrogens with zero attached hydrogens (tertiary/aromatic N) is 3. The number of aryl methyl sites for hydroxylation is 1. The van der Waals surface area contributed by atoms with Gasteiger partial charge < -0.3 is 5.73 Å². The summed E-state index contributed by atoms with van der Waals surface area (Å²) in [7, 11) is 0. The van der Waals surface area contributed by atoms with E-state index < -0.39 is 11.6 Å². The van der Waals surface area contributed by atoms with Crippen molar-refractivity contribution in [2.24, 2.45) is 0 Å². The number of benzene rings is 1. The van der Waals surface area contributed by atoms with Gasteiger partial charge in [0.1, 0.15) is 17.8 Å². The summed E-state index contributed by atoms with van der Waals surface area (Å²) in [6.45, 7) is 1.63. The van der Waals surface area contributed by atoms with Crippen LogP contribution >= 0.6 is 0 Å². The Bertz CT molecular complexity index is 484. The quantitative estimate of drug-likeness (QED) is 0.724. The van der Waals surface area contributed by atoms with Crippen LogP contribution in [0.5, 0.6) is 0 Å². The Morgan fingerprint density at radius 3 is 2.33 bits per heavy atom. The van der Waals surface area contributed by atoms with Gasteiger partial charge in [-0.3, -0.25) is 0 Å². The average Bonchev–Trinajstić information content (AvgIpc) is 2.49. The maximum Gasteiger partial charge on any atom is 0.153 e. The van der Waals surface area contributed by atoms with E-state index in [2.05, 4.69) is 10.1 Å². The molecule has 6 heteroatoms. The van der Waals surface area contributed by atoms with Crippen molar-refractivity contribution in [2.75, 3.05) is 5.73 Å². The van der Waals surface area contributed by atoms with Crippen LogP contribution in [0.3, 0.4) is 0 Å². The van der Waals surface area contributed by atoms with Crippen LogP contribution in [0.2, 0.25) is 0 Å². The monoisotopic (exact) mass is 210 g/mol. The first-order valence-corrected chi connectivity index (χ1v) is 4.21. The minimum absolute atomic E-state index is 0.0330. The van der Waals surface area contributed by atoms with Crippen LogP contribution < -0.4 is 5.73 Å². The van der Waals surface area contributed by atoms with Gasteiger partial charge in [0.2, 0.25) is 0 Å². The van der Waals surface area contributed by atoms with Gasteiger partial charge in [-0.1, -0.05) is 0 Å². The van der Waals surface area contributed by atoms with Gasteiger partial charge in [0.15, 0.2) is 11.6 Å². The van der Waals surface area contributed by atoms with Crippen LogP contribution in [-0.2, 0) is 0 Å². The molecule has 0 saturated heterocycles. The molecule has 0 unspecified atom stereocenters. The molecule has 1 aromatic heterocycles. The first kappa shape index (κ1) is 9.57. The third kappa shape index (κ3) is 1.65. The highest BCUT2D eigenvalue weighted by atomic mass is 19.1. The zero-order chi connectivity index (χ0) is 11.0. The highest BCUT2D eigenvalue weighted by Gasteiger charge is 2.13. The molecule has 0 fully saturated rings. The fraction of sp³-hybridized carbons (Fsp3) is 0.111. The summed E-state index contributed by atoms with van der Waals surface area (Å²) in [4.78, 5) is 3.78. The van der Waals surface area contributed by atoms with Crippen molar-refractivity contribution < 1.29 is 8.78 Å². The van der Waals surface area contributed by atoms with Crippen LogP contribution in [0.25, 0.3) is 5.69 Å². The van der Waals surface area contributed by atoms with Crippen LogP contribution in [0.1, 0.15) is 5.82 Å². The summed E-state index contributed by atoms with van der Waals surface area (Å²) in [6.07, 6.45) is 1.24. The molecule has 0 atom stereocenters. The topological polar surface area (TPSA) is 56.7 Å². The van der Waals surface area contributed by atoms with Crippen molar-refractivity contribution in [3.05, 3.63) is 35.9 Å². The van der Waals surface area contributed by atoms with Gasteiger partial charge in [-0.05, 0) is 19.1 Å². The molecule has 0 aliphatic heterocycles. The van der Waals surface area contributed by atoms with Crippen molar-refractivity contribution in [1.29, 1.82) is 0 Å². The molecule has 2 N–H and O–H groups in total. The summed E-state index contributed by atoms with van der Waals surface area (Å²) in [6, 6.07) is 2.07. The first-order valence-electron chi connectivity index (χ1n) is 4.21. The highest BCUT2D eigenvalue weighted by Crippen LogP contribution is 2.19. The summed E-state index contributed by atoms with van der Waals surface area (Å²) >= 11 is 0. The fourth-order valence-corrected chi connectivity index (χ4v) is 1.26. The summed E-state index contributed by atoms with van der Waals surface area (Å²) in [5.74, 6) is -1.10. The number of hydrogen-bond donors (Lipinski definition) is 1. The van der Waals surface area contributed by atoms with Gasteiger partial charge in [0.05, 0.1) is 0 Å². The third-order valence-corrected chi connectivity index (χ3v) is 1.87. The minimum Gasteiger partial charge on any atom is -0.399 e. The second kappa shape index (κ2) is 3.30. The van der Waals surface area contributed by atoms with Gasteiger partial charge in [-0.2, -0.15) is 5.10 Å². The second-order valence-electron chi connectivity index (χ2n) is 3.07. The summed E-state index contributed by atoms with van der Waals surface area (Å²) in [5, 5.41) is 3.82. The van der Waals surface area contributed by atoms with Crippen molar-refractivity contribution in [1.82, 2.24) is 14.8 Å². The molecular weight excluding hydrogens is 202 g/mol. The Kier molecular flexibility index (Phi) is 2.11. The molecule has 0 aliphatic rings. The Labute approximate surface area is 84.4 Å². The van der Waals surface area contributed by atoms with E-state index in [1.54, 1.807) is 6.92 Å². The molecule has 0 aliphatic carbocycles. The van der Waals surface area contributed by atoms with E-state index in [9.17, 15) is 8.78 Å². The molecule has 2 aromatic rings. The standard InChI is InChI=1S/C9H8F2N4/c1-5-13-4-15(14-5)9-7(10)2-6(12)3-8(9)11/h2-4H,12H2,1H3. The van der Waals surface area contributed by atoms with Crippen LogP contribution in [0.15, 0.2) is 18.5 Å². The average molecular weight is 210 g/mol. The molecule has 0 saturated carbocycles. The van der Waals surface area contributed by atoms with Crippen LogP contribution in [-0.4, -0.2) is 14.8 Å². The molecule has 15 heavy (non-hydrogen) atoms. The molecule has 1 aromatic carbocycles. The molecule has 0 spiro atoms. The van der Waals surface area contributed by atoms with Crippen molar-refractivity contribution in [2.45, 2.75) is 6.92 Å². The molecule has 78 valence electrons. The highest BCUT2D eigenvalue weighted by molar-refractivity contribution is 5.47. The summed E-state index contributed by atoms with van der Waals surface area (Å²) in [5.41, 5.74) is 5.05. The maximum absolute atomic E-state index is 13.4. The molecule has 1 heterocycles. The van der Waals surface area contributed by atoms with Gasteiger partial charge in [-0.25, -0.2) is 18.4 Å². The van der Waals surface area contributed by atoms with Gasteiger partial charge in [0, 0.05) is 5.69 Å². The largest absolute Gasteiger partial charge is 0.399 e. The van der Waals surface area contributed by atoms with E-state index in [0.29, 0.717) is 5.82 Å². The Morgan fingerprint density at radius 2 is 1.87 bits per heavy atom. The lowest BCUT2D eigenvalue weighted by molar-refractivity contribution is 0.560. The SMILES string of the molecule is Cc1ncn(-c2c(F)cc(N)cc2F)n1. The fourth-order valence-electron chi connectivity index (χ4n) is 1.26. The van der Waals surface area contributed by atoms with E-state index >= 15 is 0 Å². The Balaban J connectivity index is 2.62. The van der Waals surface area contributed by atoms with Gasteiger partial charge in [0.25, 0.3) is 0 Å². The zero-order valence-corrected chi connectivity index (χ0v) is 7.91. The molecule has 0 radical (unpaired) electrons. The number of nitrogens with two attached hydrogens (primary N) is 1. The maximum atomic E-state index is 13.4. The molecule has 2 rings (SSSR count). The van der Waals surface area contributed by atoms with E-state index in [1.165, 1.54) is 6.33 Å². The van der Waals surface area contributed by atoms with Crippen LogP contribution in [0, 0.1) is 18.6 Å². The Hall–Kier alpha value is -1.98. The predicted molar refractivity (Wildman–Crippen MR) is 50.4 cm³/mol. The Morgan fingerprint density at radius 1 is 1.27 bits per heavy atom. The van der Waals surface area contributed by atoms with E-state index in [0.717, 1.165) is 16.8 Å². The zero-order valence-electron chi connectivity index (χ0n) is 7.91. The number of anilines is 1. The predicted octanol–water partition coefficient (Wildman–Crippen LogP) is 1.44. The number of nitrogen functional groups attached to an aromatic ring is 1. The summed E-state index contributed by atoms with van der Waals surface area (Å²) < 4.78 is 27.8. The lowest BCUT2D eigenvalue weighted by atomic mass is 10.2. The second-order valence-corrected chi connectivity index (χ2v) is 3.07. The number of hydrogen-bond acceptors (Lipinski definition) is 3. The van der Waals surface area contributed by atoms with Crippen molar-refractivity contribution >= 4 is 5.69 Å². The van der Waals surface area contributed by atoms with Gasteiger partial charge in [-0.15, -0.1) is 0 Å². The number of halogens is 2. The lowest BCUT2D eigenvalue weighted by Crippen LogP contribution is -2.03. The molecular formula is C9H8F2N4. The first-order chi connectivity index (χ1) is 7.08. The van der Waals surface area contributed by atoms with Gasteiger partial charge >= 0.3 is 0 Å². The van der Waals surface area contributed by atoms with Crippen LogP contribution in [0.4, 0.5) is 14.5 Å². The van der Waals surface area contributed by atoms with E-state index in [-0.39, 0.29) is 11.4 Å². The van der Waals surface area contributed by atoms with E-state index in [4.69, 9.17) is 5.73 Å². The number of rotatable bonds is 1. The smallest absolute Gasteiger partial charge is 0.153 e. The number of aromatic nitrogens is 3.